The fourth-order valence-corrected chi connectivity index (χ4v) is 5.47. The van der Waals surface area contributed by atoms with E-state index in [1.807, 2.05) is 16.7 Å². The van der Waals surface area contributed by atoms with Crippen LogP contribution in [-0.2, 0) is 19.2 Å². The van der Waals surface area contributed by atoms with Crippen LogP contribution in [0.15, 0.2) is 12.3 Å². The highest BCUT2D eigenvalue weighted by molar-refractivity contribution is 6.57. The van der Waals surface area contributed by atoms with Gasteiger partial charge in [-0.15, -0.1) is 0 Å². The van der Waals surface area contributed by atoms with Gasteiger partial charge in [0.2, 0.25) is 5.91 Å². The van der Waals surface area contributed by atoms with Crippen molar-refractivity contribution in [1.82, 2.24) is 20.0 Å². The minimum Gasteiger partial charge on any atom is -0.512 e. The summed E-state index contributed by atoms with van der Waals surface area (Å²) in [5, 5.41) is 32.3. The Morgan fingerprint density at radius 3 is 1.83 bits per heavy atom. The first kappa shape index (κ1) is 43.6. The number of nitrogens with one attached hydrogen (secondary N) is 1. The lowest BCUT2D eigenvalue weighted by molar-refractivity contribution is -0.144. The maximum Gasteiger partial charge on any atom is 0.320 e. The first-order valence-electron chi connectivity index (χ1n) is 17.7. The van der Waals surface area contributed by atoms with E-state index >= 15 is 0 Å². The lowest BCUT2D eigenvalue weighted by Gasteiger charge is -2.32. The number of aliphatic carboxylic acids is 2. The molecule has 1 amide bonds. The highest BCUT2D eigenvalue weighted by Gasteiger charge is 2.26. The van der Waals surface area contributed by atoms with Crippen LogP contribution >= 0.6 is 0 Å². The molecular formula is C34H65BN4O7. The lowest BCUT2D eigenvalue weighted by Crippen LogP contribution is -2.47. The van der Waals surface area contributed by atoms with Crippen LogP contribution in [0.3, 0.4) is 0 Å². The third-order valence-electron chi connectivity index (χ3n) is 8.50. The Balaban J connectivity index is 4.79. The number of carbonyl (C=O) groups is 4. The SMILES string of the molecule is BC(=O)CCCCCCCCCCNC(=O)CCC(C(=O)O)N(CCC)CCN(CCN(CCC(C)CC)CC(=C)O)CC(=O)O. The predicted molar refractivity (Wildman–Crippen MR) is 187 cm³/mol. The fourth-order valence-electron chi connectivity index (χ4n) is 5.47. The standard InChI is InChI=1S/C34H65BN4O7/c1-5-20-39(25-24-38(27-33(43)44)23-22-37(26-29(4)40)21-18-28(3)6-2)30(34(45)46)16-17-32(42)36-19-14-12-10-8-7-9-11-13-15-31(35)41/h28,30,40H,4-27,35H2,1-3H3,(H,36,42)(H,43,44)(H,45,46). The molecule has 0 spiro atoms. The molecule has 0 aliphatic heterocycles. The molecule has 266 valence electrons. The molecule has 0 aliphatic rings. The van der Waals surface area contributed by atoms with E-state index in [2.05, 4.69) is 30.6 Å². The summed E-state index contributed by atoms with van der Waals surface area (Å²) in [6, 6.07) is -0.836. The zero-order valence-corrected chi connectivity index (χ0v) is 29.4. The molecule has 11 nitrogen and oxygen atoms in total. The van der Waals surface area contributed by atoms with Gasteiger partial charge in [-0.1, -0.05) is 72.3 Å². The number of hydrogen-bond donors (Lipinski definition) is 4. The van der Waals surface area contributed by atoms with Crippen molar-refractivity contribution in [2.45, 2.75) is 117 Å². The Morgan fingerprint density at radius 2 is 1.30 bits per heavy atom. The van der Waals surface area contributed by atoms with Crippen molar-refractivity contribution in [1.29, 1.82) is 0 Å². The number of hydrogen-bond acceptors (Lipinski definition) is 8. The first-order chi connectivity index (χ1) is 21.9. The number of aliphatic hydroxyl groups is 1. The molecular weight excluding hydrogens is 587 g/mol. The van der Waals surface area contributed by atoms with E-state index in [1.54, 1.807) is 7.85 Å². The molecule has 0 aromatic heterocycles. The van der Waals surface area contributed by atoms with Gasteiger partial charge in [0.1, 0.15) is 6.04 Å². The van der Waals surface area contributed by atoms with Gasteiger partial charge in [0, 0.05) is 39.1 Å². The number of amides is 1. The van der Waals surface area contributed by atoms with E-state index in [0.717, 1.165) is 70.8 Å². The molecule has 46 heavy (non-hydrogen) atoms. The first-order valence-corrected chi connectivity index (χ1v) is 17.7. The molecule has 0 rings (SSSR count). The van der Waals surface area contributed by atoms with Crippen LogP contribution in [0.2, 0.25) is 0 Å². The van der Waals surface area contributed by atoms with Crippen molar-refractivity contribution < 1.29 is 34.5 Å². The van der Waals surface area contributed by atoms with Crippen LogP contribution in [0.4, 0.5) is 0 Å². The number of nitrogens with zero attached hydrogens (tertiary/aromatic N) is 3. The van der Waals surface area contributed by atoms with Gasteiger partial charge in [-0.05, 0) is 57.5 Å². The summed E-state index contributed by atoms with van der Waals surface area (Å²) in [7, 11) is 1.64. The fraction of sp³-hybridized carbons (Fsp3) is 0.824. The van der Waals surface area contributed by atoms with E-state index in [0.29, 0.717) is 58.2 Å². The minimum atomic E-state index is -0.981. The summed E-state index contributed by atoms with van der Waals surface area (Å²) in [5.41, 5.74) is 0.257. The Labute approximate surface area is 279 Å². The summed E-state index contributed by atoms with van der Waals surface area (Å²) in [5.74, 6) is -1.47. The molecule has 2 unspecified atom stereocenters. The minimum absolute atomic E-state index is 0.0704. The molecule has 2 atom stereocenters. The molecule has 0 aromatic rings. The van der Waals surface area contributed by atoms with Gasteiger partial charge in [0.25, 0.3) is 0 Å². The second kappa shape index (κ2) is 27.7. The molecule has 12 heteroatoms. The van der Waals surface area contributed by atoms with Crippen molar-refractivity contribution in [2.75, 3.05) is 58.9 Å². The smallest absolute Gasteiger partial charge is 0.320 e. The van der Waals surface area contributed by atoms with E-state index in [1.165, 1.54) is 6.42 Å². The number of aliphatic hydroxyl groups excluding tert-OH is 1. The van der Waals surface area contributed by atoms with Crippen molar-refractivity contribution >= 4 is 31.4 Å². The maximum atomic E-state index is 12.5. The molecule has 0 aromatic carbocycles. The molecule has 0 saturated heterocycles. The number of carboxylic acids is 2. The average molecular weight is 653 g/mol. The molecule has 0 heterocycles. The van der Waals surface area contributed by atoms with Crippen LogP contribution in [0, 0.1) is 5.92 Å². The molecule has 4 N–H and O–H groups in total. The number of carboxylic acid groups (broad SMARTS) is 2. The van der Waals surface area contributed by atoms with Crippen molar-refractivity contribution in [3.8, 4) is 0 Å². The van der Waals surface area contributed by atoms with E-state index in [-0.39, 0.29) is 36.7 Å². The van der Waals surface area contributed by atoms with Gasteiger partial charge in [0.05, 0.1) is 24.5 Å². The summed E-state index contributed by atoms with van der Waals surface area (Å²) >= 11 is 0. The van der Waals surface area contributed by atoms with Gasteiger partial charge in [-0.2, -0.15) is 0 Å². The second-order valence-electron chi connectivity index (χ2n) is 12.9. The number of unbranched alkanes of at least 4 members (excludes halogenated alkanes) is 7. The average Bonchev–Trinajstić information content (AvgIpc) is 2.98. The predicted octanol–water partition coefficient (Wildman–Crippen LogP) is 3.92. The van der Waals surface area contributed by atoms with E-state index in [4.69, 9.17) is 0 Å². The number of carbonyl (C=O) groups excluding carboxylic acids is 2. The zero-order valence-electron chi connectivity index (χ0n) is 29.4. The lowest BCUT2D eigenvalue weighted by atomic mass is 9.96. The van der Waals surface area contributed by atoms with Crippen molar-refractivity contribution in [3.05, 3.63) is 12.3 Å². The Kier molecular flexibility index (Phi) is 26.2. The molecule has 0 aliphatic carbocycles. The molecule has 0 radical (unpaired) electrons. The Hall–Kier alpha value is -2.44. The monoisotopic (exact) mass is 652 g/mol. The van der Waals surface area contributed by atoms with Crippen LogP contribution in [0.5, 0.6) is 0 Å². The maximum absolute atomic E-state index is 12.5. The Bertz CT molecular complexity index is 876. The van der Waals surface area contributed by atoms with Gasteiger partial charge in [-0.3, -0.25) is 29.1 Å². The molecule has 0 bridgehead atoms. The third-order valence-corrected chi connectivity index (χ3v) is 8.50. The van der Waals surface area contributed by atoms with Crippen LogP contribution in [0.25, 0.3) is 0 Å². The quantitative estimate of drug-likeness (QED) is 0.0479. The highest BCUT2D eigenvalue weighted by atomic mass is 16.4. The zero-order chi connectivity index (χ0) is 34.7. The number of rotatable bonds is 32. The van der Waals surface area contributed by atoms with Gasteiger partial charge in [0.15, 0.2) is 7.85 Å². The summed E-state index contributed by atoms with van der Waals surface area (Å²) in [6.45, 7) is 13.7. The van der Waals surface area contributed by atoms with Gasteiger partial charge >= 0.3 is 11.9 Å². The van der Waals surface area contributed by atoms with Crippen LogP contribution in [0.1, 0.15) is 111 Å². The van der Waals surface area contributed by atoms with Crippen molar-refractivity contribution in [2.24, 2.45) is 5.92 Å². The van der Waals surface area contributed by atoms with Gasteiger partial charge < -0.3 is 25.4 Å². The largest absolute Gasteiger partial charge is 0.512 e. The van der Waals surface area contributed by atoms with E-state index < -0.39 is 18.0 Å². The highest BCUT2D eigenvalue weighted by Crippen LogP contribution is 2.12. The molecule has 0 saturated carbocycles. The summed E-state index contributed by atoms with van der Waals surface area (Å²) in [4.78, 5) is 53.1. The van der Waals surface area contributed by atoms with Gasteiger partial charge in [-0.25, -0.2) is 0 Å². The third kappa shape index (κ3) is 24.8. The Morgan fingerprint density at radius 1 is 0.739 bits per heavy atom. The second-order valence-corrected chi connectivity index (χ2v) is 12.9. The topological polar surface area (TPSA) is 151 Å². The van der Waals surface area contributed by atoms with Crippen LogP contribution < -0.4 is 5.32 Å². The van der Waals surface area contributed by atoms with E-state index in [9.17, 15) is 34.5 Å². The van der Waals surface area contributed by atoms with Crippen LogP contribution in [-0.4, -0.2) is 126 Å². The summed E-state index contributed by atoms with van der Waals surface area (Å²) in [6.07, 6.45) is 12.3. The molecule has 0 fully saturated rings. The summed E-state index contributed by atoms with van der Waals surface area (Å²) < 4.78 is 0. The van der Waals surface area contributed by atoms with Crippen molar-refractivity contribution in [3.63, 3.8) is 0 Å². The normalized spacial score (nSPS) is 12.8.